The van der Waals surface area contributed by atoms with E-state index in [9.17, 15) is 9.60 Å². The predicted octanol–water partition coefficient (Wildman–Crippen LogP) is 1.76. The van der Waals surface area contributed by atoms with Gasteiger partial charge in [0.15, 0.2) is 12.0 Å². The molecule has 0 aliphatic rings. The monoisotopic (exact) mass is 291 g/mol. The second-order valence-electron chi connectivity index (χ2n) is 3.92. The van der Waals surface area contributed by atoms with Crippen LogP contribution in [0.1, 0.15) is 0 Å². The number of aromatic nitrogens is 5. The fourth-order valence-electron chi connectivity index (χ4n) is 1.87. The van der Waals surface area contributed by atoms with E-state index in [-0.39, 0.29) is 16.3 Å². The van der Waals surface area contributed by atoms with Crippen LogP contribution in [-0.2, 0) is 0 Å². The van der Waals surface area contributed by atoms with Crippen LogP contribution in [-0.4, -0.2) is 20.2 Å². The first-order valence-corrected chi connectivity index (χ1v) is 5.96. The standard InChI is InChI=1S/C12H7ClFN5O/c13-8-4-5-9(18-7-15-16-17-18)11(12(8)14)10-3-1-2-6-19(10)20/h1-7H. The van der Waals surface area contributed by atoms with Gasteiger partial charge in [0.05, 0.1) is 10.7 Å². The zero-order chi connectivity index (χ0) is 14.1. The summed E-state index contributed by atoms with van der Waals surface area (Å²) in [4.78, 5) is 0. The average molecular weight is 292 g/mol. The van der Waals surface area contributed by atoms with Crippen molar-refractivity contribution in [3.63, 3.8) is 0 Å². The number of halogens is 2. The van der Waals surface area contributed by atoms with Crippen molar-refractivity contribution in [1.82, 2.24) is 20.2 Å². The summed E-state index contributed by atoms with van der Waals surface area (Å²) < 4.78 is 16.2. The zero-order valence-electron chi connectivity index (χ0n) is 9.94. The molecule has 0 N–H and O–H groups in total. The van der Waals surface area contributed by atoms with Gasteiger partial charge in [-0.3, -0.25) is 0 Å². The molecule has 0 aliphatic carbocycles. The van der Waals surface area contributed by atoms with Gasteiger partial charge in [-0.15, -0.1) is 5.10 Å². The highest BCUT2D eigenvalue weighted by molar-refractivity contribution is 6.31. The van der Waals surface area contributed by atoms with Crippen LogP contribution >= 0.6 is 11.6 Å². The molecule has 0 aliphatic heterocycles. The van der Waals surface area contributed by atoms with E-state index in [2.05, 4.69) is 15.5 Å². The Hall–Kier alpha value is -2.54. The van der Waals surface area contributed by atoms with E-state index in [4.69, 9.17) is 11.6 Å². The van der Waals surface area contributed by atoms with Gasteiger partial charge in [-0.2, -0.15) is 9.41 Å². The molecule has 0 saturated carbocycles. The molecule has 8 heteroatoms. The molecular formula is C12H7ClFN5O. The van der Waals surface area contributed by atoms with E-state index in [1.54, 1.807) is 18.2 Å². The number of rotatable bonds is 2. The third-order valence-electron chi connectivity index (χ3n) is 2.75. The third-order valence-corrected chi connectivity index (χ3v) is 3.04. The molecule has 1 aromatic carbocycles. The van der Waals surface area contributed by atoms with Gasteiger partial charge in [0.1, 0.15) is 11.9 Å². The maximum absolute atomic E-state index is 14.4. The molecule has 2 aromatic heterocycles. The molecule has 3 rings (SSSR count). The van der Waals surface area contributed by atoms with E-state index >= 15 is 0 Å². The summed E-state index contributed by atoms with van der Waals surface area (Å²) in [6.45, 7) is 0. The second-order valence-corrected chi connectivity index (χ2v) is 4.33. The summed E-state index contributed by atoms with van der Waals surface area (Å²) in [5.41, 5.74) is 0.492. The third kappa shape index (κ3) is 1.97. The largest absolute Gasteiger partial charge is 0.618 e. The highest BCUT2D eigenvalue weighted by atomic mass is 35.5. The fraction of sp³-hybridized carbons (Fsp3) is 0. The Morgan fingerprint density at radius 3 is 2.80 bits per heavy atom. The van der Waals surface area contributed by atoms with Gasteiger partial charge < -0.3 is 5.21 Å². The molecule has 20 heavy (non-hydrogen) atoms. The lowest BCUT2D eigenvalue weighted by molar-refractivity contribution is -0.593. The molecule has 0 amide bonds. The molecule has 0 spiro atoms. The lowest BCUT2D eigenvalue weighted by Gasteiger charge is -2.10. The van der Waals surface area contributed by atoms with Crippen LogP contribution in [0.5, 0.6) is 0 Å². The minimum atomic E-state index is -0.699. The molecule has 0 unspecified atom stereocenters. The molecule has 0 bridgehead atoms. The van der Waals surface area contributed by atoms with Crippen LogP contribution in [0.3, 0.4) is 0 Å². The summed E-state index contributed by atoms with van der Waals surface area (Å²) in [5.74, 6) is -0.699. The fourth-order valence-corrected chi connectivity index (χ4v) is 2.03. The van der Waals surface area contributed by atoms with Crippen molar-refractivity contribution in [2.75, 3.05) is 0 Å². The Morgan fingerprint density at radius 1 is 1.25 bits per heavy atom. The highest BCUT2D eigenvalue weighted by Gasteiger charge is 2.22. The Kier molecular flexibility index (Phi) is 3.03. The molecule has 0 fully saturated rings. The molecule has 0 saturated heterocycles. The highest BCUT2D eigenvalue weighted by Crippen LogP contribution is 2.31. The van der Waals surface area contributed by atoms with E-state index in [0.29, 0.717) is 10.4 Å². The summed E-state index contributed by atoms with van der Waals surface area (Å²) in [7, 11) is 0. The van der Waals surface area contributed by atoms with Crippen molar-refractivity contribution in [3.8, 4) is 16.9 Å². The van der Waals surface area contributed by atoms with Crippen LogP contribution < -0.4 is 4.73 Å². The normalized spacial score (nSPS) is 10.7. The minimum absolute atomic E-state index is 0.0420. The predicted molar refractivity (Wildman–Crippen MR) is 68.5 cm³/mol. The van der Waals surface area contributed by atoms with Gasteiger partial charge in [-0.05, 0) is 28.6 Å². The lowest BCUT2D eigenvalue weighted by Crippen LogP contribution is -2.28. The number of hydrogen-bond acceptors (Lipinski definition) is 4. The number of benzene rings is 1. The summed E-state index contributed by atoms with van der Waals surface area (Å²) in [6, 6.07) is 7.61. The maximum atomic E-state index is 14.4. The SMILES string of the molecule is [O-][n+]1ccccc1-c1c(-n2cnnn2)ccc(Cl)c1F. The summed E-state index contributed by atoms with van der Waals surface area (Å²) >= 11 is 5.80. The molecule has 3 aromatic rings. The molecule has 0 radical (unpaired) electrons. The first-order chi connectivity index (χ1) is 9.68. The second kappa shape index (κ2) is 4.86. The van der Waals surface area contributed by atoms with Crippen molar-refractivity contribution < 1.29 is 9.12 Å². The van der Waals surface area contributed by atoms with Gasteiger partial charge in [0, 0.05) is 12.1 Å². The van der Waals surface area contributed by atoms with Gasteiger partial charge in [0.25, 0.3) is 0 Å². The van der Waals surface area contributed by atoms with E-state index in [1.807, 2.05) is 0 Å². The Bertz CT molecular complexity index is 763. The Morgan fingerprint density at radius 2 is 2.10 bits per heavy atom. The number of nitrogens with zero attached hydrogens (tertiary/aromatic N) is 5. The van der Waals surface area contributed by atoms with Crippen molar-refractivity contribution in [1.29, 1.82) is 0 Å². The maximum Gasteiger partial charge on any atom is 0.228 e. The van der Waals surface area contributed by atoms with Crippen molar-refractivity contribution in [2.24, 2.45) is 0 Å². The number of pyridine rings is 1. The van der Waals surface area contributed by atoms with Crippen LogP contribution in [0.15, 0.2) is 42.9 Å². The van der Waals surface area contributed by atoms with Crippen LogP contribution in [0, 0.1) is 11.0 Å². The number of hydrogen-bond donors (Lipinski definition) is 0. The smallest absolute Gasteiger partial charge is 0.228 e. The quantitative estimate of drug-likeness (QED) is 0.533. The zero-order valence-corrected chi connectivity index (χ0v) is 10.7. The molecule has 0 atom stereocenters. The van der Waals surface area contributed by atoms with Crippen LogP contribution in [0.4, 0.5) is 4.39 Å². The van der Waals surface area contributed by atoms with Gasteiger partial charge in [-0.1, -0.05) is 11.6 Å². The van der Waals surface area contributed by atoms with Crippen molar-refractivity contribution in [3.05, 3.63) is 58.9 Å². The van der Waals surface area contributed by atoms with E-state index in [1.165, 1.54) is 29.3 Å². The van der Waals surface area contributed by atoms with Gasteiger partial charge in [0.2, 0.25) is 5.69 Å². The van der Waals surface area contributed by atoms with Crippen LogP contribution in [0.2, 0.25) is 5.02 Å². The van der Waals surface area contributed by atoms with Crippen LogP contribution in [0.25, 0.3) is 16.9 Å². The van der Waals surface area contributed by atoms with E-state index < -0.39 is 5.82 Å². The van der Waals surface area contributed by atoms with Gasteiger partial charge >= 0.3 is 0 Å². The topological polar surface area (TPSA) is 70.5 Å². The first-order valence-electron chi connectivity index (χ1n) is 5.58. The first kappa shape index (κ1) is 12.5. The summed E-state index contributed by atoms with van der Waals surface area (Å²) in [6.07, 6.45) is 2.59. The van der Waals surface area contributed by atoms with Crippen molar-refractivity contribution >= 4 is 11.6 Å². The van der Waals surface area contributed by atoms with Gasteiger partial charge in [-0.25, -0.2) is 4.39 Å². The average Bonchev–Trinajstić information content (AvgIpc) is 2.97. The lowest BCUT2D eigenvalue weighted by atomic mass is 10.1. The summed E-state index contributed by atoms with van der Waals surface area (Å²) in [5, 5.41) is 22.5. The Labute approximate surface area is 117 Å². The molecule has 2 heterocycles. The minimum Gasteiger partial charge on any atom is -0.618 e. The Balaban J connectivity index is 2.34. The molecular weight excluding hydrogens is 285 g/mol. The molecule has 100 valence electrons. The number of tetrazole rings is 1. The van der Waals surface area contributed by atoms with E-state index in [0.717, 1.165) is 0 Å². The van der Waals surface area contributed by atoms with Crippen molar-refractivity contribution in [2.45, 2.75) is 0 Å². The molecule has 6 nitrogen and oxygen atoms in total.